The first-order valence-corrected chi connectivity index (χ1v) is 16.6. The third-order valence-electron chi connectivity index (χ3n) is 8.73. The Kier molecular flexibility index (Phi) is 10.8. The van der Waals surface area contributed by atoms with Gasteiger partial charge in [0.15, 0.2) is 0 Å². The van der Waals surface area contributed by atoms with Crippen molar-refractivity contribution in [1.82, 2.24) is 25.2 Å². The number of hydrogen-bond donors (Lipinski definition) is 1. The van der Waals surface area contributed by atoms with Crippen LogP contribution in [0.3, 0.4) is 0 Å². The summed E-state index contributed by atoms with van der Waals surface area (Å²) in [6.45, 7) is 6.70. The highest BCUT2D eigenvalue weighted by Gasteiger charge is 2.28. The number of alkyl carbamates (subject to hydrolysis) is 1. The Hall–Kier alpha value is -4.66. The van der Waals surface area contributed by atoms with Gasteiger partial charge in [-0.2, -0.15) is 0 Å². The second-order valence-electron chi connectivity index (χ2n) is 12.1. The summed E-state index contributed by atoms with van der Waals surface area (Å²) in [7, 11) is 0. The monoisotopic (exact) mass is 648 g/mol. The average molecular weight is 649 g/mol. The number of halogens is 1. The highest BCUT2D eigenvalue weighted by Crippen LogP contribution is 2.26. The van der Waals surface area contributed by atoms with Gasteiger partial charge in [0.1, 0.15) is 6.61 Å². The smallest absolute Gasteiger partial charge is 0.407 e. The number of ether oxygens (including phenoxy) is 1. The second-order valence-corrected chi connectivity index (χ2v) is 12.6. The number of anilines is 1. The predicted octanol–water partition coefficient (Wildman–Crippen LogP) is 6.88. The maximum absolute atomic E-state index is 13.2. The van der Waals surface area contributed by atoms with Crippen LogP contribution in [-0.4, -0.2) is 58.2 Å². The van der Waals surface area contributed by atoms with Gasteiger partial charge in [-0.05, 0) is 54.2 Å². The zero-order chi connectivity index (χ0) is 32.4. The van der Waals surface area contributed by atoms with Crippen molar-refractivity contribution in [2.45, 2.75) is 45.0 Å². The lowest BCUT2D eigenvalue weighted by Crippen LogP contribution is -2.46. The van der Waals surface area contributed by atoms with E-state index in [1.165, 1.54) is 11.3 Å². The predicted molar refractivity (Wildman–Crippen MR) is 187 cm³/mol. The zero-order valence-electron chi connectivity index (χ0n) is 26.7. The molecule has 4 aromatic carbocycles. The number of nitrogens with zero attached hydrogens (tertiary/aromatic N) is 5. The Labute approximate surface area is 281 Å². The van der Waals surface area contributed by atoms with Gasteiger partial charge >= 0.3 is 6.09 Å². The van der Waals surface area contributed by atoms with E-state index in [1.54, 1.807) is 0 Å². The van der Waals surface area contributed by atoms with Crippen LogP contribution in [0.5, 0.6) is 0 Å². The number of aryl methyl sites for hydroxylation is 1. The van der Waals surface area contributed by atoms with Gasteiger partial charge in [0.25, 0.3) is 0 Å². The normalized spacial score (nSPS) is 14.8. The van der Waals surface area contributed by atoms with Crippen molar-refractivity contribution in [3.8, 4) is 0 Å². The summed E-state index contributed by atoms with van der Waals surface area (Å²) in [6, 6.07) is 35.8. The molecule has 0 bridgehead atoms. The quantitative estimate of drug-likeness (QED) is 0.159. The van der Waals surface area contributed by atoms with Crippen molar-refractivity contribution in [2.75, 3.05) is 31.1 Å². The Balaban J connectivity index is 1.18. The SMILES string of the molecule is Cc1ccc(Cl)cc1N1CCN(Cc2cn([C@@H](Cc3ccccc3)[C@H](Cc3ccccc3)NC(=O)OCc3ccccc3)nn2)CC1. The third kappa shape index (κ3) is 8.99. The number of nitrogens with one attached hydrogen (secondary N) is 1. The van der Waals surface area contributed by atoms with Crippen LogP contribution in [-0.2, 0) is 30.7 Å². The lowest BCUT2D eigenvalue weighted by atomic mass is 9.94. The lowest BCUT2D eigenvalue weighted by Gasteiger charge is -2.36. The van der Waals surface area contributed by atoms with Crippen LogP contribution in [0.1, 0.15) is 34.0 Å². The largest absolute Gasteiger partial charge is 0.445 e. The van der Waals surface area contributed by atoms with Gasteiger partial charge in [0.2, 0.25) is 0 Å². The van der Waals surface area contributed by atoms with Crippen LogP contribution in [0.4, 0.5) is 10.5 Å². The summed E-state index contributed by atoms with van der Waals surface area (Å²) in [4.78, 5) is 18.1. The zero-order valence-corrected chi connectivity index (χ0v) is 27.5. The van der Waals surface area contributed by atoms with E-state index in [0.717, 1.165) is 53.6 Å². The minimum Gasteiger partial charge on any atom is -0.445 e. The first-order chi connectivity index (χ1) is 23.0. The molecule has 2 atom stereocenters. The van der Waals surface area contributed by atoms with Crippen LogP contribution in [0, 0.1) is 6.92 Å². The third-order valence-corrected chi connectivity index (χ3v) is 8.97. The first kappa shape index (κ1) is 32.3. The van der Waals surface area contributed by atoms with Crippen molar-refractivity contribution < 1.29 is 9.53 Å². The van der Waals surface area contributed by atoms with E-state index < -0.39 is 6.09 Å². The molecule has 8 nitrogen and oxygen atoms in total. The second kappa shape index (κ2) is 15.8. The number of aromatic nitrogens is 3. The van der Waals surface area contributed by atoms with Crippen LogP contribution in [0.2, 0.25) is 5.02 Å². The molecule has 0 spiro atoms. The number of amides is 1. The molecule has 0 aliphatic carbocycles. The molecular formula is C38H41ClN6O2. The van der Waals surface area contributed by atoms with Gasteiger partial charge in [-0.1, -0.05) is 114 Å². The fourth-order valence-corrected chi connectivity index (χ4v) is 6.36. The number of hydrogen-bond acceptors (Lipinski definition) is 6. The summed E-state index contributed by atoms with van der Waals surface area (Å²) < 4.78 is 7.61. The molecule has 5 aromatic rings. The number of carbonyl (C=O) groups is 1. The van der Waals surface area contributed by atoms with Crippen LogP contribution in [0.25, 0.3) is 0 Å². The molecule has 1 aliphatic rings. The molecule has 2 heterocycles. The molecule has 242 valence electrons. The van der Waals surface area contributed by atoms with Gasteiger partial charge < -0.3 is 15.0 Å². The van der Waals surface area contributed by atoms with E-state index in [4.69, 9.17) is 16.3 Å². The Bertz CT molecular complexity index is 1710. The lowest BCUT2D eigenvalue weighted by molar-refractivity contribution is 0.131. The van der Waals surface area contributed by atoms with E-state index >= 15 is 0 Å². The fraction of sp³-hybridized carbons (Fsp3) is 0.289. The summed E-state index contributed by atoms with van der Waals surface area (Å²) in [6.07, 6.45) is 2.85. The van der Waals surface area contributed by atoms with Crippen molar-refractivity contribution in [2.24, 2.45) is 0 Å². The number of carbonyl (C=O) groups excluding carboxylic acids is 1. The number of benzene rings is 4. The summed E-state index contributed by atoms with van der Waals surface area (Å²) in [5.41, 5.74) is 6.55. The van der Waals surface area contributed by atoms with Gasteiger partial charge in [-0.15, -0.1) is 5.10 Å². The highest BCUT2D eigenvalue weighted by molar-refractivity contribution is 6.30. The van der Waals surface area contributed by atoms with E-state index in [2.05, 4.69) is 68.8 Å². The van der Waals surface area contributed by atoms with Crippen LogP contribution >= 0.6 is 11.6 Å². The van der Waals surface area contributed by atoms with Crippen molar-refractivity contribution in [3.05, 3.63) is 148 Å². The van der Waals surface area contributed by atoms with Crippen molar-refractivity contribution >= 4 is 23.4 Å². The topological polar surface area (TPSA) is 75.5 Å². The van der Waals surface area contributed by atoms with Crippen LogP contribution in [0.15, 0.2) is 115 Å². The molecule has 1 amide bonds. The van der Waals surface area contributed by atoms with Gasteiger partial charge in [-0.3, -0.25) is 4.90 Å². The molecule has 1 saturated heterocycles. The Morgan fingerprint density at radius 3 is 2.11 bits per heavy atom. The minimum absolute atomic E-state index is 0.200. The molecule has 0 radical (unpaired) electrons. The number of piperazine rings is 1. The van der Waals surface area contributed by atoms with Crippen molar-refractivity contribution in [1.29, 1.82) is 0 Å². The van der Waals surface area contributed by atoms with E-state index in [9.17, 15) is 4.79 Å². The standard InChI is InChI=1S/C38H41ClN6O2/c1-29-17-18-33(39)25-36(29)44-21-19-43(20-22-44)26-34-27-45(42-41-34)37(24-31-13-7-3-8-14-31)35(23-30-11-5-2-6-12-30)40-38(46)47-28-32-15-9-4-10-16-32/h2-18,25,27,35,37H,19-24,26,28H2,1H3,(H,40,46)/t35-,37-/m0/s1. The maximum Gasteiger partial charge on any atom is 0.407 e. The maximum atomic E-state index is 13.2. The Morgan fingerprint density at radius 2 is 1.45 bits per heavy atom. The Morgan fingerprint density at radius 1 is 0.830 bits per heavy atom. The van der Waals surface area contributed by atoms with Crippen LogP contribution < -0.4 is 10.2 Å². The average Bonchev–Trinajstić information content (AvgIpc) is 3.57. The fourth-order valence-electron chi connectivity index (χ4n) is 6.19. The molecule has 1 fully saturated rings. The van der Waals surface area contributed by atoms with Crippen molar-refractivity contribution in [3.63, 3.8) is 0 Å². The molecule has 47 heavy (non-hydrogen) atoms. The highest BCUT2D eigenvalue weighted by atomic mass is 35.5. The molecule has 1 aliphatic heterocycles. The first-order valence-electron chi connectivity index (χ1n) is 16.2. The van der Waals surface area contributed by atoms with Gasteiger partial charge in [-0.25, -0.2) is 9.48 Å². The van der Waals surface area contributed by atoms with Gasteiger partial charge in [0, 0.05) is 43.4 Å². The van der Waals surface area contributed by atoms with E-state index in [-0.39, 0.29) is 18.7 Å². The van der Waals surface area contributed by atoms with E-state index in [1.807, 2.05) is 83.7 Å². The summed E-state index contributed by atoms with van der Waals surface area (Å²) in [5.74, 6) is 0. The van der Waals surface area contributed by atoms with Gasteiger partial charge in [0.05, 0.1) is 24.0 Å². The van der Waals surface area contributed by atoms with E-state index in [0.29, 0.717) is 19.4 Å². The minimum atomic E-state index is -0.457. The summed E-state index contributed by atoms with van der Waals surface area (Å²) >= 11 is 6.30. The molecule has 1 N–H and O–H groups in total. The molecule has 0 saturated carbocycles. The molecular weight excluding hydrogens is 608 g/mol. The molecule has 0 unspecified atom stereocenters. The molecule has 6 rings (SSSR count). The molecule has 1 aromatic heterocycles. The molecule has 9 heteroatoms. The number of rotatable bonds is 12. The summed E-state index contributed by atoms with van der Waals surface area (Å²) in [5, 5.41) is 13.2.